The molecular weight excluding hydrogens is 426 g/mol. The van der Waals surface area contributed by atoms with E-state index in [2.05, 4.69) is 5.32 Å². The highest BCUT2D eigenvalue weighted by molar-refractivity contribution is 6.46. The van der Waals surface area contributed by atoms with Crippen molar-refractivity contribution in [3.63, 3.8) is 0 Å². The van der Waals surface area contributed by atoms with E-state index < -0.39 is 5.91 Å². The van der Waals surface area contributed by atoms with E-state index in [1.54, 1.807) is 6.07 Å². The average molecular weight is 456 g/mol. The quantitative estimate of drug-likeness (QED) is 0.499. The van der Waals surface area contributed by atoms with Crippen LogP contribution in [0.15, 0.2) is 72.4 Å². The smallest absolute Gasteiger partial charge is 0.282 e. The van der Waals surface area contributed by atoms with E-state index in [1.807, 2.05) is 100 Å². The number of hydrogen-bond acceptors (Lipinski definition) is 5. The van der Waals surface area contributed by atoms with Gasteiger partial charge < -0.3 is 15.0 Å². The molecule has 174 valence electrons. The fourth-order valence-electron chi connectivity index (χ4n) is 4.12. The van der Waals surface area contributed by atoms with Gasteiger partial charge in [0.05, 0.1) is 23.6 Å². The maximum absolute atomic E-state index is 13.8. The first-order valence-electron chi connectivity index (χ1n) is 11.3. The van der Waals surface area contributed by atoms with Crippen LogP contribution in [0.1, 0.15) is 23.6 Å². The molecule has 1 aliphatic rings. The summed E-state index contributed by atoms with van der Waals surface area (Å²) in [4.78, 5) is 30.8. The van der Waals surface area contributed by atoms with Crippen LogP contribution in [0.3, 0.4) is 0 Å². The second-order valence-corrected chi connectivity index (χ2v) is 8.48. The number of aryl methyl sites for hydroxylation is 2. The molecule has 0 spiro atoms. The second kappa shape index (κ2) is 9.43. The van der Waals surface area contributed by atoms with Gasteiger partial charge in [-0.2, -0.15) is 0 Å². The summed E-state index contributed by atoms with van der Waals surface area (Å²) in [6, 6.07) is 20.7. The normalized spacial score (nSPS) is 13.5. The standard InChI is InChI=1S/C28H29N3O3/c1-6-34-24-13-8-7-12-23(24)29-26-25(22-15-14-18(2)16-19(22)3)27(32)31(28(26)33)21-11-9-10-20(17-21)30(4)5/h7-17,29H,6H2,1-5H3. The van der Waals surface area contributed by atoms with E-state index in [9.17, 15) is 9.59 Å². The van der Waals surface area contributed by atoms with E-state index >= 15 is 0 Å². The Hall–Kier alpha value is -4.06. The molecule has 0 aliphatic carbocycles. The molecule has 0 radical (unpaired) electrons. The van der Waals surface area contributed by atoms with Crippen molar-refractivity contribution in [1.82, 2.24) is 0 Å². The van der Waals surface area contributed by atoms with Crippen LogP contribution in [-0.2, 0) is 9.59 Å². The number of nitrogens with zero attached hydrogens (tertiary/aromatic N) is 2. The third-order valence-electron chi connectivity index (χ3n) is 5.79. The molecule has 4 rings (SSSR count). The molecule has 0 saturated heterocycles. The summed E-state index contributed by atoms with van der Waals surface area (Å²) >= 11 is 0. The van der Waals surface area contributed by atoms with Crippen molar-refractivity contribution in [2.24, 2.45) is 0 Å². The van der Waals surface area contributed by atoms with Crippen LogP contribution in [-0.4, -0.2) is 32.5 Å². The zero-order valence-electron chi connectivity index (χ0n) is 20.2. The number of benzene rings is 3. The number of rotatable bonds is 7. The Morgan fingerprint density at radius 3 is 2.38 bits per heavy atom. The lowest BCUT2D eigenvalue weighted by atomic mass is 9.97. The van der Waals surface area contributed by atoms with Crippen molar-refractivity contribution < 1.29 is 14.3 Å². The van der Waals surface area contributed by atoms with Crippen LogP contribution >= 0.6 is 0 Å². The highest BCUT2D eigenvalue weighted by Crippen LogP contribution is 2.37. The van der Waals surface area contributed by atoms with Crippen molar-refractivity contribution in [2.75, 3.05) is 35.8 Å². The number of amides is 2. The number of nitrogens with one attached hydrogen (secondary N) is 1. The van der Waals surface area contributed by atoms with E-state index in [4.69, 9.17) is 4.74 Å². The van der Waals surface area contributed by atoms with Gasteiger partial charge in [0.15, 0.2) is 0 Å². The van der Waals surface area contributed by atoms with Crippen LogP contribution in [0, 0.1) is 13.8 Å². The second-order valence-electron chi connectivity index (χ2n) is 8.48. The number of hydrogen-bond donors (Lipinski definition) is 1. The first kappa shape index (κ1) is 23.1. The van der Waals surface area contributed by atoms with Crippen molar-refractivity contribution in [3.05, 3.63) is 89.1 Å². The number of anilines is 3. The molecule has 1 aliphatic heterocycles. The van der Waals surface area contributed by atoms with Gasteiger partial charge in [0, 0.05) is 19.8 Å². The van der Waals surface area contributed by atoms with Gasteiger partial charge in [0.1, 0.15) is 11.4 Å². The topological polar surface area (TPSA) is 61.9 Å². The van der Waals surface area contributed by atoms with Crippen molar-refractivity contribution in [3.8, 4) is 5.75 Å². The Morgan fingerprint density at radius 1 is 0.912 bits per heavy atom. The summed E-state index contributed by atoms with van der Waals surface area (Å²) in [6.07, 6.45) is 0. The summed E-state index contributed by atoms with van der Waals surface area (Å²) in [6.45, 7) is 6.34. The van der Waals surface area contributed by atoms with Gasteiger partial charge in [-0.1, -0.05) is 42.0 Å². The molecule has 3 aromatic rings. The molecule has 2 amide bonds. The van der Waals surface area contributed by atoms with Crippen molar-refractivity contribution in [1.29, 1.82) is 0 Å². The molecular formula is C28H29N3O3. The summed E-state index contributed by atoms with van der Waals surface area (Å²) in [5.74, 6) is -0.141. The maximum atomic E-state index is 13.8. The molecule has 1 heterocycles. The van der Waals surface area contributed by atoms with Crippen LogP contribution < -0.4 is 19.9 Å². The Morgan fingerprint density at radius 2 is 1.68 bits per heavy atom. The average Bonchev–Trinajstić information content (AvgIpc) is 3.05. The number of carbonyl (C=O) groups excluding carboxylic acids is 2. The van der Waals surface area contributed by atoms with Gasteiger partial charge in [0.2, 0.25) is 0 Å². The SMILES string of the molecule is CCOc1ccccc1NC1=C(c2ccc(C)cc2C)C(=O)N(c2cccc(N(C)C)c2)C1=O. The van der Waals surface area contributed by atoms with Gasteiger partial charge in [-0.3, -0.25) is 9.59 Å². The zero-order valence-corrected chi connectivity index (χ0v) is 20.2. The molecule has 1 N–H and O–H groups in total. The summed E-state index contributed by atoms with van der Waals surface area (Å²) < 4.78 is 5.74. The third-order valence-corrected chi connectivity index (χ3v) is 5.79. The summed E-state index contributed by atoms with van der Waals surface area (Å²) in [7, 11) is 3.84. The van der Waals surface area contributed by atoms with Crippen molar-refractivity contribution >= 4 is 34.4 Å². The fraction of sp³-hybridized carbons (Fsp3) is 0.214. The minimum Gasteiger partial charge on any atom is -0.492 e. The van der Waals surface area contributed by atoms with Crippen LogP contribution in [0.5, 0.6) is 5.75 Å². The monoisotopic (exact) mass is 455 g/mol. The Labute approximate surface area is 200 Å². The highest BCUT2D eigenvalue weighted by Gasteiger charge is 2.41. The predicted octanol–water partition coefficient (Wildman–Crippen LogP) is 5.16. The largest absolute Gasteiger partial charge is 0.492 e. The molecule has 0 fully saturated rings. The Balaban J connectivity index is 1.86. The molecule has 3 aromatic carbocycles. The summed E-state index contributed by atoms with van der Waals surface area (Å²) in [5.41, 5.74) is 5.39. The Kier molecular flexibility index (Phi) is 6.41. The van der Waals surface area contributed by atoms with E-state index in [0.29, 0.717) is 29.3 Å². The van der Waals surface area contributed by atoms with E-state index in [1.165, 1.54) is 4.90 Å². The molecule has 0 bridgehead atoms. The maximum Gasteiger partial charge on any atom is 0.282 e. The molecule has 6 heteroatoms. The zero-order chi connectivity index (χ0) is 24.4. The molecule has 34 heavy (non-hydrogen) atoms. The minimum atomic E-state index is -0.401. The van der Waals surface area contributed by atoms with E-state index in [0.717, 1.165) is 22.4 Å². The molecule has 0 atom stereocenters. The first-order valence-corrected chi connectivity index (χ1v) is 11.3. The molecule has 0 unspecified atom stereocenters. The van der Waals surface area contributed by atoms with Gasteiger partial charge in [-0.25, -0.2) is 4.90 Å². The van der Waals surface area contributed by atoms with E-state index in [-0.39, 0.29) is 11.6 Å². The van der Waals surface area contributed by atoms with Crippen molar-refractivity contribution in [2.45, 2.75) is 20.8 Å². The van der Waals surface area contributed by atoms with Gasteiger partial charge in [-0.15, -0.1) is 0 Å². The lowest BCUT2D eigenvalue weighted by molar-refractivity contribution is -0.120. The fourth-order valence-corrected chi connectivity index (χ4v) is 4.12. The van der Waals surface area contributed by atoms with Gasteiger partial charge in [0.25, 0.3) is 11.8 Å². The Bertz CT molecular complexity index is 1290. The first-order chi connectivity index (χ1) is 16.3. The minimum absolute atomic E-state index is 0.236. The van der Waals surface area contributed by atoms with Crippen LogP contribution in [0.4, 0.5) is 17.1 Å². The lowest BCUT2D eigenvalue weighted by Gasteiger charge is -2.19. The number of imide groups is 1. The number of carbonyl (C=O) groups is 2. The van der Waals surface area contributed by atoms with Gasteiger partial charge >= 0.3 is 0 Å². The van der Waals surface area contributed by atoms with Crippen LogP contribution in [0.2, 0.25) is 0 Å². The highest BCUT2D eigenvalue weighted by atomic mass is 16.5. The molecule has 6 nitrogen and oxygen atoms in total. The number of ether oxygens (including phenoxy) is 1. The number of para-hydroxylation sites is 2. The molecule has 0 saturated carbocycles. The van der Waals surface area contributed by atoms with Crippen LogP contribution in [0.25, 0.3) is 5.57 Å². The molecule has 0 aromatic heterocycles. The summed E-state index contributed by atoms with van der Waals surface area (Å²) in [5, 5.41) is 3.23. The lowest BCUT2D eigenvalue weighted by Crippen LogP contribution is -2.32. The third kappa shape index (κ3) is 4.27. The predicted molar refractivity (Wildman–Crippen MR) is 137 cm³/mol. The van der Waals surface area contributed by atoms with Gasteiger partial charge in [-0.05, 0) is 62.2 Å².